The SMILES string of the molecule is COc1ccc2nc(Nc3c(F)cc(F)cc3Cl)sc2c1. The fourth-order valence-corrected chi connectivity index (χ4v) is 2.99. The Morgan fingerprint density at radius 2 is 2.05 bits per heavy atom. The van der Waals surface area contributed by atoms with Crippen LogP contribution in [0.25, 0.3) is 10.2 Å². The van der Waals surface area contributed by atoms with Crippen LogP contribution in [0.5, 0.6) is 5.75 Å². The molecule has 0 bridgehead atoms. The number of halogens is 3. The molecule has 0 saturated carbocycles. The highest BCUT2D eigenvalue weighted by molar-refractivity contribution is 7.22. The first-order chi connectivity index (χ1) is 10.1. The summed E-state index contributed by atoms with van der Waals surface area (Å²) < 4.78 is 32.8. The monoisotopic (exact) mass is 326 g/mol. The van der Waals surface area contributed by atoms with Gasteiger partial charge < -0.3 is 10.1 Å². The molecule has 7 heteroatoms. The van der Waals surface area contributed by atoms with Crippen molar-refractivity contribution in [3.8, 4) is 5.75 Å². The number of aromatic nitrogens is 1. The van der Waals surface area contributed by atoms with Crippen LogP contribution in [0.15, 0.2) is 30.3 Å². The maximum absolute atomic E-state index is 13.7. The Kier molecular flexibility index (Phi) is 3.65. The first-order valence-corrected chi connectivity index (χ1v) is 7.12. The topological polar surface area (TPSA) is 34.1 Å². The van der Waals surface area contributed by atoms with Crippen molar-refractivity contribution in [1.29, 1.82) is 0 Å². The predicted octanol–water partition coefficient (Wildman–Crippen LogP) is 4.98. The molecule has 0 saturated heterocycles. The molecule has 0 spiro atoms. The molecule has 0 fully saturated rings. The number of hydrogen-bond donors (Lipinski definition) is 1. The zero-order valence-corrected chi connectivity index (χ0v) is 12.4. The van der Waals surface area contributed by atoms with Gasteiger partial charge in [-0.2, -0.15) is 0 Å². The first kappa shape index (κ1) is 14.0. The fourth-order valence-electron chi connectivity index (χ4n) is 1.85. The Bertz CT molecular complexity index is 799. The smallest absolute Gasteiger partial charge is 0.188 e. The molecule has 0 aliphatic carbocycles. The minimum Gasteiger partial charge on any atom is -0.497 e. The average Bonchev–Trinajstić information content (AvgIpc) is 2.84. The molecule has 0 aliphatic heterocycles. The van der Waals surface area contributed by atoms with Crippen molar-refractivity contribution < 1.29 is 13.5 Å². The molecule has 3 aromatic rings. The highest BCUT2D eigenvalue weighted by Gasteiger charge is 2.12. The number of rotatable bonds is 3. The molecule has 1 N–H and O–H groups in total. The summed E-state index contributed by atoms with van der Waals surface area (Å²) in [6.07, 6.45) is 0. The molecule has 0 aliphatic rings. The minimum absolute atomic E-state index is 0.00378. The zero-order chi connectivity index (χ0) is 15.0. The van der Waals surface area contributed by atoms with Gasteiger partial charge in [-0.15, -0.1) is 0 Å². The molecule has 0 unspecified atom stereocenters. The summed E-state index contributed by atoms with van der Waals surface area (Å²) in [5.74, 6) is -0.780. The van der Waals surface area contributed by atoms with Gasteiger partial charge in [0.05, 0.1) is 28.0 Å². The molecular formula is C14H9ClF2N2OS. The summed E-state index contributed by atoms with van der Waals surface area (Å²) in [4.78, 5) is 4.32. The Balaban J connectivity index is 1.98. The normalized spacial score (nSPS) is 10.9. The van der Waals surface area contributed by atoms with E-state index in [0.29, 0.717) is 10.9 Å². The third-order valence-corrected chi connectivity index (χ3v) is 4.07. The number of benzene rings is 2. The molecule has 3 nitrogen and oxygen atoms in total. The van der Waals surface area contributed by atoms with Gasteiger partial charge in [-0.3, -0.25) is 0 Å². The van der Waals surface area contributed by atoms with Crippen LogP contribution in [0.2, 0.25) is 5.02 Å². The Labute approximate surface area is 128 Å². The van der Waals surface area contributed by atoms with Crippen LogP contribution in [-0.4, -0.2) is 12.1 Å². The molecule has 108 valence electrons. The van der Waals surface area contributed by atoms with Crippen LogP contribution >= 0.6 is 22.9 Å². The molecule has 1 aromatic heterocycles. The number of methoxy groups -OCH3 is 1. The van der Waals surface area contributed by atoms with E-state index in [9.17, 15) is 8.78 Å². The Hall–Kier alpha value is -1.92. The van der Waals surface area contributed by atoms with Gasteiger partial charge in [0.15, 0.2) is 10.9 Å². The van der Waals surface area contributed by atoms with Gasteiger partial charge >= 0.3 is 0 Å². The van der Waals surface area contributed by atoms with Gasteiger partial charge in [0, 0.05) is 6.07 Å². The number of fused-ring (bicyclic) bond motifs is 1. The van der Waals surface area contributed by atoms with E-state index >= 15 is 0 Å². The average molecular weight is 327 g/mol. The van der Waals surface area contributed by atoms with Gasteiger partial charge in [0.2, 0.25) is 0 Å². The maximum Gasteiger partial charge on any atom is 0.188 e. The van der Waals surface area contributed by atoms with Crippen LogP contribution in [0.1, 0.15) is 0 Å². The lowest BCUT2D eigenvalue weighted by molar-refractivity contribution is 0.415. The second-order valence-electron chi connectivity index (χ2n) is 4.22. The summed E-state index contributed by atoms with van der Waals surface area (Å²) in [5.41, 5.74) is 0.756. The Morgan fingerprint density at radius 3 is 2.76 bits per heavy atom. The van der Waals surface area contributed by atoms with E-state index in [-0.39, 0.29) is 10.7 Å². The summed E-state index contributed by atoms with van der Waals surface area (Å²) in [6, 6.07) is 7.24. The van der Waals surface area contributed by atoms with Crippen molar-refractivity contribution >= 4 is 44.0 Å². The maximum atomic E-state index is 13.7. The molecule has 0 amide bonds. The summed E-state index contributed by atoms with van der Waals surface area (Å²) in [6.45, 7) is 0. The minimum atomic E-state index is -0.767. The molecule has 0 atom stereocenters. The predicted molar refractivity (Wildman–Crippen MR) is 80.8 cm³/mol. The lowest BCUT2D eigenvalue weighted by Crippen LogP contribution is -1.95. The number of ether oxygens (including phenoxy) is 1. The summed E-state index contributed by atoms with van der Waals surface area (Å²) >= 11 is 7.17. The largest absolute Gasteiger partial charge is 0.497 e. The van der Waals surface area contributed by atoms with Gasteiger partial charge in [0.25, 0.3) is 0 Å². The summed E-state index contributed by atoms with van der Waals surface area (Å²) in [7, 11) is 1.58. The lowest BCUT2D eigenvalue weighted by atomic mass is 10.3. The van der Waals surface area contributed by atoms with Crippen molar-refractivity contribution in [3.05, 3.63) is 47.0 Å². The quantitative estimate of drug-likeness (QED) is 0.737. The van der Waals surface area contributed by atoms with Crippen LogP contribution in [-0.2, 0) is 0 Å². The van der Waals surface area contributed by atoms with Crippen LogP contribution in [0, 0.1) is 11.6 Å². The van der Waals surface area contributed by atoms with Crippen molar-refractivity contribution in [2.75, 3.05) is 12.4 Å². The third-order valence-electron chi connectivity index (χ3n) is 2.83. The van der Waals surface area contributed by atoms with Gasteiger partial charge in [-0.1, -0.05) is 22.9 Å². The number of anilines is 2. The van der Waals surface area contributed by atoms with E-state index in [0.717, 1.165) is 22.3 Å². The Morgan fingerprint density at radius 1 is 1.24 bits per heavy atom. The number of nitrogens with one attached hydrogen (secondary N) is 1. The molecule has 21 heavy (non-hydrogen) atoms. The van der Waals surface area contributed by atoms with Crippen LogP contribution in [0.4, 0.5) is 19.6 Å². The number of hydrogen-bond acceptors (Lipinski definition) is 4. The van der Waals surface area contributed by atoms with Crippen molar-refractivity contribution in [2.24, 2.45) is 0 Å². The highest BCUT2D eigenvalue weighted by Crippen LogP contribution is 2.34. The summed E-state index contributed by atoms with van der Waals surface area (Å²) in [5, 5.41) is 3.21. The highest BCUT2D eigenvalue weighted by atomic mass is 35.5. The van der Waals surface area contributed by atoms with Crippen molar-refractivity contribution in [3.63, 3.8) is 0 Å². The van der Waals surface area contributed by atoms with E-state index in [1.54, 1.807) is 19.2 Å². The van der Waals surface area contributed by atoms with Crippen LogP contribution < -0.4 is 10.1 Å². The van der Waals surface area contributed by atoms with Crippen molar-refractivity contribution in [2.45, 2.75) is 0 Å². The molecular weight excluding hydrogens is 318 g/mol. The lowest BCUT2D eigenvalue weighted by Gasteiger charge is -2.06. The number of thiazole rings is 1. The van der Waals surface area contributed by atoms with Gasteiger partial charge in [0.1, 0.15) is 11.6 Å². The van der Waals surface area contributed by atoms with E-state index in [1.807, 2.05) is 6.07 Å². The van der Waals surface area contributed by atoms with E-state index in [4.69, 9.17) is 16.3 Å². The standard InChI is InChI=1S/C14H9ClF2N2OS/c1-20-8-2-3-11-12(6-8)21-14(18-11)19-13-9(15)4-7(16)5-10(13)17/h2-6H,1H3,(H,18,19). The van der Waals surface area contributed by atoms with Gasteiger partial charge in [-0.25, -0.2) is 13.8 Å². The van der Waals surface area contributed by atoms with E-state index in [1.165, 1.54) is 11.3 Å². The van der Waals surface area contributed by atoms with E-state index < -0.39 is 11.6 Å². The molecule has 0 radical (unpaired) electrons. The fraction of sp³-hybridized carbons (Fsp3) is 0.0714. The second kappa shape index (κ2) is 5.46. The van der Waals surface area contributed by atoms with Gasteiger partial charge in [-0.05, 0) is 24.3 Å². The molecule has 3 rings (SSSR count). The number of nitrogens with zero attached hydrogens (tertiary/aromatic N) is 1. The third kappa shape index (κ3) is 2.77. The van der Waals surface area contributed by atoms with E-state index in [2.05, 4.69) is 10.3 Å². The zero-order valence-electron chi connectivity index (χ0n) is 10.8. The molecule has 2 aromatic carbocycles. The van der Waals surface area contributed by atoms with Crippen LogP contribution in [0.3, 0.4) is 0 Å². The first-order valence-electron chi connectivity index (χ1n) is 5.93. The van der Waals surface area contributed by atoms with Crippen molar-refractivity contribution in [1.82, 2.24) is 4.98 Å². The second-order valence-corrected chi connectivity index (χ2v) is 5.66. The molecule has 1 heterocycles.